The predicted molar refractivity (Wildman–Crippen MR) is 240 cm³/mol. The summed E-state index contributed by atoms with van der Waals surface area (Å²) in [7, 11) is 0. The Balaban J connectivity index is 1.11. The van der Waals surface area contributed by atoms with Crippen LogP contribution in [0.3, 0.4) is 0 Å². The van der Waals surface area contributed by atoms with E-state index < -0.39 is 0 Å². The van der Waals surface area contributed by atoms with E-state index >= 15 is 0 Å². The van der Waals surface area contributed by atoms with E-state index in [1.54, 1.807) is 0 Å². The van der Waals surface area contributed by atoms with E-state index in [1.165, 1.54) is 104 Å². The molecule has 3 heterocycles. The van der Waals surface area contributed by atoms with Gasteiger partial charge in [-0.15, -0.1) is 11.3 Å². The van der Waals surface area contributed by atoms with Gasteiger partial charge in [0.05, 0.1) is 17.1 Å². The van der Waals surface area contributed by atoms with Crippen molar-refractivity contribution >= 4 is 48.6 Å². The van der Waals surface area contributed by atoms with Gasteiger partial charge in [0.25, 0.3) is 0 Å². The van der Waals surface area contributed by atoms with E-state index in [0.29, 0.717) is 0 Å². The van der Waals surface area contributed by atoms with Crippen LogP contribution in [0.15, 0.2) is 176 Å². The summed E-state index contributed by atoms with van der Waals surface area (Å²) >= 11 is 1.95. The van der Waals surface area contributed by atoms with Gasteiger partial charge in [0.2, 0.25) is 0 Å². The Morgan fingerprint density at radius 2 is 0.804 bits per heavy atom. The highest BCUT2D eigenvalue weighted by atomic mass is 32.1. The molecule has 0 fully saturated rings. The van der Waals surface area contributed by atoms with Gasteiger partial charge in [0.15, 0.2) is 0 Å². The molecule has 0 unspecified atom stereocenters. The zero-order chi connectivity index (χ0) is 37.8. The molecule has 0 atom stereocenters. The van der Waals surface area contributed by atoms with Crippen molar-refractivity contribution in [3.63, 3.8) is 0 Å². The molecule has 0 aliphatic carbocycles. The van der Waals surface area contributed by atoms with Crippen LogP contribution < -0.4 is 4.90 Å². The van der Waals surface area contributed by atoms with Crippen LogP contribution in [0.5, 0.6) is 0 Å². The van der Waals surface area contributed by atoms with E-state index in [4.69, 9.17) is 0 Å². The van der Waals surface area contributed by atoms with Gasteiger partial charge in [-0.05, 0) is 97.6 Å². The van der Waals surface area contributed by atoms with E-state index in [-0.39, 0.29) is 10.8 Å². The molecule has 2 aliphatic rings. The molecule has 0 N–H and O–H groups in total. The third-order valence-electron chi connectivity index (χ3n) is 12.6. The number of benzene rings is 8. The number of hydrogen-bond donors (Lipinski definition) is 0. The van der Waals surface area contributed by atoms with Crippen molar-refractivity contribution in [2.75, 3.05) is 4.90 Å². The van der Waals surface area contributed by atoms with E-state index in [2.05, 4.69) is 209 Å². The Labute approximate surface area is 333 Å². The zero-order valence-corrected chi connectivity index (χ0v) is 32.9. The number of thiophene rings is 1. The molecule has 0 amide bonds. The normalized spacial score (nSPS) is 14.7. The van der Waals surface area contributed by atoms with Crippen molar-refractivity contribution in [2.24, 2.45) is 0 Å². The molecule has 0 saturated heterocycles. The fourth-order valence-electron chi connectivity index (χ4n) is 9.58. The fraction of sp³-hybridized carbons (Fsp3) is 0.111. The van der Waals surface area contributed by atoms with Crippen molar-refractivity contribution in [1.82, 2.24) is 0 Å². The van der Waals surface area contributed by atoms with Crippen LogP contribution >= 0.6 is 11.3 Å². The monoisotopic (exact) mass is 735 g/mol. The minimum atomic E-state index is -0.246. The van der Waals surface area contributed by atoms with Crippen molar-refractivity contribution in [2.45, 2.75) is 38.5 Å². The topological polar surface area (TPSA) is 3.24 Å². The second kappa shape index (κ2) is 12.1. The number of fused-ring (bicyclic) bond motifs is 8. The Bertz CT molecular complexity index is 2980. The standard InChI is InChI=1S/C54H41NS/c1-53(2)44-31-40(38-23-19-36(20-24-38)34-13-7-5-8-14-34)27-29-47(44)55-48-30-28-41(39-25-21-37(22-26-39)35-15-9-6-10-16-35)32-45(48)54(3,4)50-51(55)46(53)33-43-42-17-11-12-18-49(42)56-52(43)50/h5-33H,1-4H3. The Hall–Kier alpha value is -6.22. The summed E-state index contributed by atoms with van der Waals surface area (Å²) in [6.07, 6.45) is 0. The van der Waals surface area contributed by atoms with Crippen LogP contribution in [0.25, 0.3) is 64.7 Å². The molecule has 1 aromatic heterocycles. The van der Waals surface area contributed by atoms with Crippen molar-refractivity contribution in [3.8, 4) is 44.5 Å². The third-order valence-corrected chi connectivity index (χ3v) is 13.8. The van der Waals surface area contributed by atoms with Gasteiger partial charge in [0.1, 0.15) is 0 Å². The van der Waals surface area contributed by atoms with Crippen LogP contribution in [0.1, 0.15) is 49.9 Å². The Morgan fingerprint density at radius 1 is 0.375 bits per heavy atom. The Morgan fingerprint density at radius 3 is 1.34 bits per heavy atom. The van der Waals surface area contributed by atoms with Crippen molar-refractivity contribution in [1.29, 1.82) is 0 Å². The summed E-state index contributed by atoms with van der Waals surface area (Å²) < 4.78 is 2.75. The summed E-state index contributed by atoms with van der Waals surface area (Å²) in [6, 6.07) is 65.3. The molecule has 9 aromatic rings. The van der Waals surface area contributed by atoms with Gasteiger partial charge in [-0.1, -0.05) is 167 Å². The Kier molecular flexibility index (Phi) is 7.18. The first kappa shape index (κ1) is 33.1. The van der Waals surface area contributed by atoms with Crippen LogP contribution in [-0.4, -0.2) is 0 Å². The van der Waals surface area contributed by atoms with Crippen LogP contribution in [0, 0.1) is 0 Å². The van der Waals surface area contributed by atoms with Crippen molar-refractivity contribution < 1.29 is 0 Å². The predicted octanol–water partition coefficient (Wildman–Crippen LogP) is 15.5. The molecular formula is C54H41NS. The van der Waals surface area contributed by atoms with Crippen LogP contribution in [-0.2, 0) is 10.8 Å². The largest absolute Gasteiger partial charge is 0.309 e. The fourth-order valence-corrected chi connectivity index (χ4v) is 11.0. The molecule has 2 heteroatoms. The van der Waals surface area contributed by atoms with Crippen LogP contribution in [0.2, 0.25) is 0 Å². The zero-order valence-electron chi connectivity index (χ0n) is 32.1. The van der Waals surface area contributed by atoms with Crippen molar-refractivity contribution in [3.05, 3.63) is 198 Å². The highest BCUT2D eigenvalue weighted by Crippen LogP contribution is 2.63. The number of hydrogen-bond acceptors (Lipinski definition) is 2. The molecule has 56 heavy (non-hydrogen) atoms. The van der Waals surface area contributed by atoms with E-state index in [1.807, 2.05) is 11.3 Å². The second-order valence-electron chi connectivity index (χ2n) is 16.6. The van der Waals surface area contributed by atoms with Crippen LogP contribution in [0.4, 0.5) is 17.1 Å². The van der Waals surface area contributed by atoms with Gasteiger partial charge in [0, 0.05) is 36.6 Å². The minimum absolute atomic E-state index is 0.235. The molecule has 2 aliphatic heterocycles. The molecule has 268 valence electrons. The van der Waals surface area contributed by atoms with Gasteiger partial charge in [-0.2, -0.15) is 0 Å². The van der Waals surface area contributed by atoms with Gasteiger partial charge in [-0.25, -0.2) is 0 Å². The lowest BCUT2D eigenvalue weighted by Gasteiger charge is -2.50. The number of rotatable bonds is 4. The maximum absolute atomic E-state index is 2.61. The molecule has 0 bridgehead atoms. The number of anilines is 3. The smallest absolute Gasteiger partial charge is 0.0558 e. The van der Waals surface area contributed by atoms with Gasteiger partial charge >= 0.3 is 0 Å². The quantitative estimate of drug-likeness (QED) is 0.174. The average molecular weight is 736 g/mol. The first-order valence-corrected chi connectivity index (χ1v) is 20.5. The maximum Gasteiger partial charge on any atom is 0.0558 e. The average Bonchev–Trinajstić information content (AvgIpc) is 3.62. The lowest BCUT2D eigenvalue weighted by molar-refractivity contribution is 0.603. The molecule has 1 nitrogen and oxygen atoms in total. The van der Waals surface area contributed by atoms with Gasteiger partial charge < -0.3 is 4.90 Å². The van der Waals surface area contributed by atoms with Gasteiger partial charge in [-0.3, -0.25) is 0 Å². The molecular weight excluding hydrogens is 695 g/mol. The highest BCUT2D eigenvalue weighted by molar-refractivity contribution is 7.26. The van der Waals surface area contributed by atoms with E-state index in [0.717, 1.165) is 0 Å². The molecule has 0 saturated carbocycles. The van der Waals surface area contributed by atoms with E-state index in [9.17, 15) is 0 Å². The minimum Gasteiger partial charge on any atom is -0.309 e. The summed E-state index contributed by atoms with van der Waals surface area (Å²) in [5, 5.41) is 2.72. The summed E-state index contributed by atoms with van der Waals surface area (Å²) in [5.41, 5.74) is 18.9. The maximum atomic E-state index is 2.61. The summed E-state index contributed by atoms with van der Waals surface area (Å²) in [5.74, 6) is 0. The summed E-state index contributed by atoms with van der Waals surface area (Å²) in [4.78, 5) is 2.61. The summed E-state index contributed by atoms with van der Waals surface area (Å²) in [6.45, 7) is 9.78. The first-order chi connectivity index (χ1) is 27.3. The SMILES string of the molecule is CC1(C)c2cc(-c3ccc(-c4ccccc4)cc3)ccc2N2c3ccc(-c4ccc(-c5ccccc5)cc4)cc3C(C)(C)c3c2c1cc1c3sc2ccccc21. The number of nitrogens with zero attached hydrogens (tertiary/aromatic N) is 1. The third kappa shape index (κ3) is 4.85. The molecule has 0 spiro atoms. The highest BCUT2D eigenvalue weighted by Gasteiger charge is 2.47. The lowest BCUT2D eigenvalue weighted by Crippen LogP contribution is -2.38. The second-order valence-corrected chi connectivity index (χ2v) is 17.6. The lowest BCUT2D eigenvalue weighted by atomic mass is 9.65. The molecule has 8 aromatic carbocycles. The molecule has 11 rings (SSSR count). The molecule has 0 radical (unpaired) electrons. The first-order valence-electron chi connectivity index (χ1n) is 19.7.